The highest BCUT2D eigenvalue weighted by Gasteiger charge is 2.41. The molecule has 0 atom stereocenters. The highest BCUT2D eigenvalue weighted by molar-refractivity contribution is 8.26. The van der Waals surface area contributed by atoms with Gasteiger partial charge in [-0.3, -0.25) is 19.0 Å². The molecule has 2 heterocycles. The van der Waals surface area contributed by atoms with Crippen LogP contribution in [0.4, 0.5) is 5.69 Å². The number of hydrogen-bond donors (Lipinski definition) is 1. The summed E-state index contributed by atoms with van der Waals surface area (Å²) in [6.45, 7) is -0.258. The Kier molecular flexibility index (Phi) is 4.24. The van der Waals surface area contributed by atoms with E-state index in [-0.39, 0.29) is 27.3 Å². The molecule has 2 amide bonds. The van der Waals surface area contributed by atoms with Gasteiger partial charge in [0, 0.05) is 19.2 Å². The van der Waals surface area contributed by atoms with Crippen LogP contribution >= 0.6 is 24.0 Å². The number of thiocarbonyl (C=S) groups is 1. The van der Waals surface area contributed by atoms with Crippen LogP contribution in [0.25, 0.3) is 5.57 Å². The summed E-state index contributed by atoms with van der Waals surface area (Å²) in [7, 11) is -2.60. The van der Waals surface area contributed by atoms with Crippen molar-refractivity contribution in [1.29, 1.82) is 0 Å². The number of hydrogen-bond acceptors (Lipinski definition) is 6. The van der Waals surface area contributed by atoms with Crippen molar-refractivity contribution in [1.82, 2.24) is 4.90 Å². The highest BCUT2D eigenvalue weighted by atomic mass is 32.2. The van der Waals surface area contributed by atoms with E-state index in [1.54, 1.807) is 31.3 Å². The number of rotatable bonds is 3. The summed E-state index contributed by atoms with van der Waals surface area (Å²) in [5.41, 5.74) is 1.60. The molecule has 1 N–H and O–H groups in total. The van der Waals surface area contributed by atoms with Gasteiger partial charge < -0.3 is 4.90 Å². The van der Waals surface area contributed by atoms with Crippen LogP contribution in [0.1, 0.15) is 5.56 Å². The molecule has 3 rings (SSSR count). The third-order valence-electron chi connectivity index (χ3n) is 3.70. The molecule has 1 fully saturated rings. The van der Waals surface area contributed by atoms with E-state index in [9.17, 15) is 18.0 Å². The Morgan fingerprint density at radius 2 is 1.88 bits per heavy atom. The fraction of sp³-hybridized carbons (Fsp3) is 0.214. The van der Waals surface area contributed by atoms with Crippen LogP contribution in [-0.2, 0) is 19.7 Å². The van der Waals surface area contributed by atoms with Gasteiger partial charge >= 0.3 is 0 Å². The molecular formula is C14H12N2O5S3. The van der Waals surface area contributed by atoms with Crippen molar-refractivity contribution < 1.29 is 22.6 Å². The molecule has 126 valence electrons. The van der Waals surface area contributed by atoms with Crippen molar-refractivity contribution >= 4 is 61.5 Å². The number of benzene rings is 1. The Hall–Kier alpha value is -1.75. The smallest absolute Gasteiger partial charge is 0.267 e. The topological polar surface area (TPSA) is 95.0 Å². The van der Waals surface area contributed by atoms with Gasteiger partial charge in [-0.05, 0) is 6.07 Å². The number of carbonyl (C=O) groups excluding carboxylic acids is 2. The van der Waals surface area contributed by atoms with Crippen molar-refractivity contribution in [2.24, 2.45) is 0 Å². The number of likely N-dealkylation sites (N-methyl/N-ethyl adjacent to an activating group) is 1. The number of thioether (sulfide) groups is 1. The molecule has 0 spiro atoms. The molecule has 2 aliphatic rings. The maximum atomic E-state index is 12.6. The minimum absolute atomic E-state index is 0.158. The largest absolute Gasteiger partial charge is 0.311 e. The van der Waals surface area contributed by atoms with Crippen molar-refractivity contribution in [2.75, 3.05) is 24.2 Å². The summed E-state index contributed by atoms with van der Waals surface area (Å²) in [5, 5.41) is 0. The standard InChI is InChI=1S/C14H12N2O5S3/c1-15-9-5-3-2-4-8(9)10(12(15)17)11-13(18)16(14(22)23-11)6-7-24(19,20)21/h2-5H,6-7H2,1H3,(H,19,20,21). The average molecular weight is 384 g/mol. The molecule has 0 radical (unpaired) electrons. The van der Waals surface area contributed by atoms with Crippen LogP contribution < -0.4 is 4.90 Å². The maximum Gasteiger partial charge on any atom is 0.267 e. The van der Waals surface area contributed by atoms with E-state index < -0.39 is 21.8 Å². The zero-order valence-corrected chi connectivity index (χ0v) is 14.9. The monoisotopic (exact) mass is 384 g/mol. The zero-order chi connectivity index (χ0) is 17.6. The van der Waals surface area contributed by atoms with E-state index in [2.05, 4.69) is 0 Å². The number of fused-ring (bicyclic) bond motifs is 1. The SMILES string of the molecule is CN1C(=O)C(=C2SC(=S)N(CCS(=O)(=O)O)C2=O)c2ccccc21. The predicted octanol–water partition coefficient (Wildman–Crippen LogP) is 1.12. The molecule has 7 nitrogen and oxygen atoms in total. The first-order chi connectivity index (χ1) is 11.2. The predicted molar refractivity (Wildman–Crippen MR) is 95.1 cm³/mol. The van der Waals surface area contributed by atoms with E-state index in [0.717, 1.165) is 16.7 Å². The van der Waals surface area contributed by atoms with E-state index >= 15 is 0 Å². The van der Waals surface area contributed by atoms with Gasteiger partial charge in [-0.25, -0.2) is 0 Å². The molecule has 1 saturated heterocycles. The highest BCUT2D eigenvalue weighted by Crippen LogP contribution is 2.43. The van der Waals surface area contributed by atoms with Crippen LogP contribution in [0.3, 0.4) is 0 Å². The fourth-order valence-electron chi connectivity index (χ4n) is 2.54. The van der Waals surface area contributed by atoms with Gasteiger partial charge in [-0.2, -0.15) is 8.42 Å². The fourth-order valence-corrected chi connectivity index (χ4v) is 4.33. The minimum atomic E-state index is -4.22. The first-order valence-electron chi connectivity index (χ1n) is 6.81. The second kappa shape index (κ2) is 5.96. The minimum Gasteiger partial charge on any atom is -0.311 e. The molecule has 0 bridgehead atoms. The van der Waals surface area contributed by atoms with Gasteiger partial charge in [0.05, 0.1) is 21.9 Å². The van der Waals surface area contributed by atoms with E-state index in [1.165, 1.54) is 4.90 Å². The van der Waals surface area contributed by atoms with Crippen LogP contribution in [0.15, 0.2) is 29.2 Å². The first-order valence-corrected chi connectivity index (χ1v) is 9.64. The molecule has 0 unspecified atom stereocenters. The summed E-state index contributed by atoms with van der Waals surface area (Å²) < 4.78 is 30.8. The van der Waals surface area contributed by atoms with Crippen LogP contribution in [0, 0.1) is 0 Å². The second-order valence-electron chi connectivity index (χ2n) is 5.20. The van der Waals surface area contributed by atoms with E-state index in [0.29, 0.717) is 11.3 Å². The Bertz CT molecular complexity index is 907. The van der Waals surface area contributed by atoms with Gasteiger partial charge in [0.1, 0.15) is 4.32 Å². The summed E-state index contributed by atoms with van der Waals surface area (Å²) in [6.07, 6.45) is 0. The second-order valence-corrected chi connectivity index (χ2v) is 8.41. The Morgan fingerprint density at radius 3 is 2.54 bits per heavy atom. The third kappa shape index (κ3) is 2.86. The summed E-state index contributed by atoms with van der Waals surface area (Å²) in [5.74, 6) is -1.46. The number of nitrogens with zero attached hydrogens (tertiary/aromatic N) is 2. The van der Waals surface area contributed by atoms with Gasteiger partial charge in [0.15, 0.2) is 0 Å². The van der Waals surface area contributed by atoms with E-state index in [4.69, 9.17) is 16.8 Å². The Balaban J connectivity index is 2.01. The van der Waals surface area contributed by atoms with Gasteiger partial charge in [-0.15, -0.1) is 0 Å². The van der Waals surface area contributed by atoms with Crippen LogP contribution in [0.5, 0.6) is 0 Å². The van der Waals surface area contributed by atoms with Gasteiger partial charge in [-0.1, -0.05) is 42.2 Å². The molecule has 24 heavy (non-hydrogen) atoms. The lowest BCUT2D eigenvalue weighted by Gasteiger charge is -2.12. The van der Waals surface area contributed by atoms with E-state index in [1.807, 2.05) is 0 Å². The normalized spacial score (nSPS) is 21.0. The Labute approximate surface area is 148 Å². The third-order valence-corrected chi connectivity index (χ3v) is 5.85. The lowest BCUT2D eigenvalue weighted by atomic mass is 10.1. The molecule has 0 saturated carbocycles. The molecule has 0 aliphatic carbocycles. The molecule has 1 aromatic carbocycles. The lowest BCUT2D eigenvalue weighted by molar-refractivity contribution is -0.122. The van der Waals surface area contributed by atoms with Crippen molar-refractivity contribution in [3.8, 4) is 0 Å². The number of amides is 2. The maximum absolute atomic E-state index is 12.6. The molecular weight excluding hydrogens is 372 g/mol. The Morgan fingerprint density at radius 1 is 1.21 bits per heavy atom. The number of para-hydroxylation sites is 1. The lowest BCUT2D eigenvalue weighted by Crippen LogP contribution is -2.33. The number of carbonyl (C=O) groups is 2. The van der Waals surface area contributed by atoms with Crippen molar-refractivity contribution in [3.63, 3.8) is 0 Å². The molecule has 0 aromatic heterocycles. The quantitative estimate of drug-likeness (QED) is 0.474. The summed E-state index contributed by atoms with van der Waals surface area (Å²) >= 11 is 6.08. The van der Waals surface area contributed by atoms with Gasteiger partial charge in [0.2, 0.25) is 0 Å². The van der Waals surface area contributed by atoms with Gasteiger partial charge in [0.25, 0.3) is 21.9 Å². The van der Waals surface area contributed by atoms with Crippen LogP contribution in [0.2, 0.25) is 0 Å². The van der Waals surface area contributed by atoms with Crippen molar-refractivity contribution in [2.45, 2.75) is 0 Å². The molecule has 1 aromatic rings. The first kappa shape index (κ1) is 17.1. The average Bonchev–Trinajstić information content (AvgIpc) is 2.92. The zero-order valence-electron chi connectivity index (χ0n) is 12.4. The van der Waals surface area contributed by atoms with Crippen molar-refractivity contribution in [3.05, 3.63) is 34.7 Å². The summed E-state index contributed by atoms with van der Waals surface area (Å²) in [4.78, 5) is 27.8. The van der Waals surface area contributed by atoms with Crippen LogP contribution in [-0.4, -0.2) is 53.4 Å². The number of anilines is 1. The summed E-state index contributed by atoms with van der Waals surface area (Å²) in [6, 6.07) is 7.09. The molecule has 10 heteroatoms. The molecule has 2 aliphatic heterocycles.